The van der Waals surface area contributed by atoms with Crippen LogP contribution in [0.15, 0.2) is 42.5 Å². The molecule has 1 fully saturated rings. The molecule has 2 aromatic rings. The zero-order valence-corrected chi connectivity index (χ0v) is 17.3. The van der Waals surface area contributed by atoms with Crippen LogP contribution in [0.1, 0.15) is 30.4 Å². The summed E-state index contributed by atoms with van der Waals surface area (Å²) < 4.78 is 11.3. The van der Waals surface area contributed by atoms with E-state index in [1.165, 1.54) is 6.42 Å². The summed E-state index contributed by atoms with van der Waals surface area (Å²) >= 11 is 12.4. The van der Waals surface area contributed by atoms with Gasteiger partial charge < -0.3 is 14.4 Å². The van der Waals surface area contributed by atoms with Crippen molar-refractivity contribution in [3.63, 3.8) is 0 Å². The highest BCUT2D eigenvalue weighted by Crippen LogP contribution is 2.31. The number of nitrogens with zero attached hydrogens (tertiary/aromatic N) is 1. The molecule has 4 nitrogen and oxygen atoms in total. The monoisotopic (exact) mass is 419 g/mol. The zero-order valence-electron chi connectivity index (χ0n) is 15.8. The minimum atomic E-state index is 0.0485. The van der Waals surface area contributed by atoms with Crippen molar-refractivity contribution in [3.05, 3.63) is 63.6 Å². The molecule has 1 amide bonds. The summed E-state index contributed by atoms with van der Waals surface area (Å²) in [5.74, 6) is 1.21. The molecule has 6 heteroatoms. The number of methoxy groups -OCH3 is 1. The van der Waals surface area contributed by atoms with Gasteiger partial charge in [-0.05, 0) is 55.2 Å². The molecule has 1 aliphatic rings. The van der Waals surface area contributed by atoms with Crippen LogP contribution in [-0.4, -0.2) is 31.0 Å². The van der Waals surface area contributed by atoms with E-state index in [-0.39, 0.29) is 12.5 Å². The van der Waals surface area contributed by atoms with E-state index in [0.717, 1.165) is 37.1 Å². The number of likely N-dealkylation sites (tertiary alicyclic amines) is 1. The molecule has 0 spiro atoms. The van der Waals surface area contributed by atoms with Crippen molar-refractivity contribution in [2.75, 3.05) is 20.2 Å². The van der Waals surface area contributed by atoms with E-state index in [9.17, 15) is 4.79 Å². The lowest BCUT2D eigenvalue weighted by Gasteiger charge is -2.25. The van der Waals surface area contributed by atoms with Crippen LogP contribution in [0.2, 0.25) is 10.0 Å². The highest BCUT2D eigenvalue weighted by Gasteiger charge is 2.14. The van der Waals surface area contributed by atoms with Gasteiger partial charge in [-0.25, -0.2) is 0 Å². The van der Waals surface area contributed by atoms with E-state index in [4.69, 9.17) is 32.7 Å². The summed E-state index contributed by atoms with van der Waals surface area (Å²) in [7, 11) is 1.58. The highest BCUT2D eigenvalue weighted by molar-refractivity contribution is 6.35. The van der Waals surface area contributed by atoms with Crippen LogP contribution in [0, 0.1) is 0 Å². The number of carbonyl (C=O) groups is 1. The maximum absolute atomic E-state index is 12.3. The SMILES string of the molecule is COc1cc(/C=C/C(=O)N2CCCCC2)ccc1OCc1c(Cl)cccc1Cl. The third-order valence-corrected chi connectivity index (χ3v) is 5.42. The normalized spacial score (nSPS) is 14.3. The number of rotatable bonds is 6. The molecule has 0 aromatic heterocycles. The number of amides is 1. The van der Waals surface area contributed by atoms with E-state index in [0.29, 0.717) is 21.5 Å². The second kappa shape index (κ2) is 9.85. The third kappa shape index (κ3) is 5.21. The molecule has 0 radical (unpaired) electrons. The van der Waals surface area contributed by atoms with Crippen molar-refractivity contribution in [2.45, 2.75) is 25.9 Å². The van der Waals surface area contributed by atoms with E-state index in [1.807, 2.05) is 23.1 Å². The average molecular weight is 420 g/mol. The molecule has 0 atom stereocenters. The topological polar surface area (TPSA) is 38.8 Å². The summed E-state index contributed by atoms with van der Waals surface area (Å²) in [4.78, 5) is 14.2. The van der Waals surface area contributed by atoms with Gasteiger partial charge in [-0.15, -0.1) is 0 Å². The van der Waals surface area contributed by atoms with Gasteiger partial charge >= 0.3 is 0 Å². The Balaban J connectivity index is 1.68. The van der Waals surface area contributed by atoms with Gasteiger partial charge in [0.15, 0.2) is 11.5 Å². The number of benzene rings is 2. The van der Waals surface area contributed by atoms with Gasteiger partial charge in [0.1, 0.15) is 6.61 Å². The molecule has 0 unspecified atom stereocenters. The fourth-order valence-electron chi connectivity index (χ4n) is 3.11. The Morgan fingerprint density at radius 1 is 1.07 bits per heavy atom. The fraction of sp³-hybridized carbons (Fsp3) is 0.318. The molecule has 0 saturated carbocycles. The van der Waals surface area contributed by atoms with Crippen LogP contribution < -0.4 is 9.47 Å². The Morgan fingerprint density at radius 2 is 1.79 bits per heavy atom. The molecule has 2 aromatic carbocycles. The molecule has 1 heterocycles. The van der Waals surface area contributed by atoms with Crippen LogP contribution in [0.4, 0.5) is 0 Å². The lowest BCUT2D eigenvalue weighted by Crippen LogP contribution is -2.34. The Morgan fingerprint density at radius 3 is 2.46 bits per heavy atom. The Labute approximate surface area is 175 Å². The van der Waals surface area contributed by atoms with Crippen molar-refractivity contribution in [3.8, 4) is 11.5 Å². The maximum atomic E-state index is 12.3. The summed E-state index contributed by atoms with van der Waals surface area (Å²) in [6.45, 7) is 1.91. The molecule has 0 N–H and O–H groups in total. The van der Waals surface area contributed by atoms with Gasteiger partial charge in [0.25, 0.3) is 0 Å². The predicted molar refractivity (Wildman–Crippen MR) is 113 cm³/mol. The molecule has 3 rings (SSSR count). The van der Waals surface area contributed by atoms with E-state index in [1.54, 1.807) is 37.5 Å². The van der Waals surface area contributed by atoms with E-state index < -0.39 is 0 Å². The average Bonchev–Trinajstić information content (AvgIpc) is 2.72. The van der Waals surface area contributed by atoms with Gasteiger partial charge in [0.05, 0.1) is 7.11 Å². The van der Waals surface area contributed by atoms with Gasteiger partial charge in [-0.2, -0.15) is 0 Å². The molecular formula is C22H23Cl2NO3. The second-order valence-corrected chi connectivity index (χ2v) is 7.43. The van der Waals surface area contributed by atoms with Gasteiger partial charge in [-0.3, -0.25) is 4.79 Å². The molecule has 1 saturated heterocycles. The number of ether oxygens (including phenoxy) is 2. The predicted octanol–water partition coefficient (Wildman–Crippen LogP) is 5.61. The largest absolute Gasteiger partial charge is 0.493 e. The Kier molecular flexibility index (Phi) is 7.24. The van der Waals surface area contributed by atoms with E-state index in [2.05, 4.69) is 0 Å². The van der Waals surface area contributed by atoms with Gasteiger partial charge in [0.2, 0.25) is 5.91 Å². The smallest absolute Gasteiger partial charge is 0.246 e. The first-order chi connectivity index (χ1) is 13.6. The molecule has 28 heavy (non-hydrogen) atoms. The lowest BCUT2D eigenvalue weighted by molar-refractivity contribution is -0.126. The highest BCUT2D eigenvalue weighted by atomic mass is 35.5. The van der Waals surface area contributed by atoms with Crippen LogP contribution in [0.3, 0.4) is 0 Å². The number of hydrogen-bond acceptors (Lipinski definition) is 3. The minimum absolute atomic E-state index is 0.0485. The first-order valence-corrected chi connectivity index (χ1v) is 10.0. The third-order valence-electron chi connectivity index (χ3n) is 4.71. The molecule has 0 aliphatic carbocycles. The summed E-state index contributed by atoms with van der Waals surface area (Å²) in [5.41, 5.74) is 1.59. The van der Waals surface area contributed by atoms with Crippen molar-refractivity contribution in [1.29, 1.82) is 0 Å². The summed E-state index contributed by atoms with van der Waals surface area (Å²) in [6, 6.07) is 10.9. The molecule has 148 valence electrons. The van der Waals surface area contributed by atoms with Crippen LogP contribution >= 0.6 is 23.2 Å². The second-order valence-electron chi connectivity index (χ2n) is 6.62. The van der Waals surface area contributed by atoms with E-state index >= 15 is 0 Å². The van der Waals surface area contributed by atoms with Gasteiger partial charge in [-0.1, -0.05) is 35.3 Å². The zero-order chi connectivity index (χ0) is 19.9. The Bertz CT molecular complexity index is 841. The first kappa shape index (κ1) is 20.6. The van der Waals surface area contributed by atoms with Crippen LogP contribution in [0.5, 0.6) is 11.5 Å². The summed E-state index contributed by atoms with van der Waals surface area (Å²) in [5, 5.41) is 1.12. The van der Waals surface area contributed by atoms with Crippen LogP contribution in [0.25, 0.3) is 6.08 Å². The van der Waals surface area contributed by atoms with Crippen molar-refractivity contribution in [2.24, 2.45) is 0 Å². The maximum Gasteiger partial charge on any atom is 0.246 e. The molecular weight excluding hydrogens is 397 g/mol. The van der Waals surface area contributed by atoms with Crippen molar-refractivity contribution >= 4 is 35.2 Å². The Hall–Kier alpha value is -2.17. The lowest BCUT2D eigenvalue weighted by atomic mass is 10.1. The fourth-order valence-corrected chi connectivity index (χ4v) is 3.62. The number of halogens is 2. The number of hydrogen-bond donors (Lipinski definition) is 0. The quantitative estimate of drug-likeness (QED) is 0.571. The first-order valence-electron chi connectivity index (χ1n) is 9.29. The van der Waals surface area contributed by atoms with Crippen molar-refractivity contribution in [1.82, 2.24) is 4.90 Å². The number of carbonyl (C=O) groups excluding carboxylic acids is 1. The van der Waals surface area contributed by atoms with Gasteiger partial charge in [0, 0.05) is 34.8 Å². The number of piperidine rings is 1. The van der Waals surface area contributed by atoms with Crippen molar-refractivity contribution < 1.29 is 14.3 Å². The molecule has 0 bridgehead atoms. The van der Waals surface area contributed by atoms with Crippen LogP contribution in [-0.2, 0) is 11.4 Å². The standard InChI is InChI=1S/C22H23Cl2NO3/c1-27-21-14-16(9-11-22(26)25-12-3-2-4-13-25)8-10-20(21)28-15-17-18(23)6-5-7-19(17)24/h5-11,14H,2-4,12-13,15H2,1H3/b11-9+. The minimum Gasteiger partial charge on any atom is -0.493 e. The summed E-state index contributed by atoms with van der Waals surface area (Å²) in [6.07, 6.45) is 6.77. The molecule has 1 aliphatic heterocycles.